The van der Waals surface area contributed by atoms with Gasteiger partial charge in [-0.15, -0.1) is 0 Å². The number of methoxy groups -OCH3 is 1. The Morgan fingerprint density at radius 3 is 3.07 bits per heavy atom. The summed E-state index contributed by atoms with van der Waals surface area (Å²) in [6.45, 7) is 0. The highest BCUT2D eigenvalue weighted by atomic mass is 16.5. The van der Waals surface area contributed by atoms with Gasteiger partial charge in [0.05, 0.1) is 16.7 Å². The maximum Gasteiger partial charge on any atom is 0.354 e. The lowest BCUT2D eigenvalue weighted by Crippen LogP contribution is -2.01. The Morgan fingerprint density at radius 2 is 2.33 bits per heavy atom. The molecular weight excluding hydrogens is 194 g/mol. The fourth-order valence-electron chi connectivity index (χ4n) is 1.34. The van der Waals surface area contributed by atoms with Gasteiger partial charge in [-0.05, 0) is 12.1 Å². The topological polar surface area (TPSA) is 59.4 Å². The lowest BCUT2D eigenvalue weighted by molar-refractivity contribution is 0.0690. The van der Waals surface area contributed by atoms with Gasteiger partial charge in [0.25, 0.3) is 0 Å². The van der Waals surface area contributed by atoms with Crippen molar-refractivity contribution in [1.82, 2.24) is 4.98 Å². The summed E-state index contributed by atoms with van der Waals surface area (Å²) < 4.78 is 26.0. The fraction of sp³-hybridized carbons (Fsp3) is 0.0909. The highest BCUT2D eigenvalue weighted by molar-refractivity contribution is 5.93. The van der Waals surface area contributed by atoms with Crippen molar-refractivity contribution >= 4 is 16.9 Å². The summed E-state index contributed by atoms with van der Waals surface area (Å²) in [6.07, 6.45) is 0. The number of carboxylic acid groups (broad SMARTS) is 1. The van der Waals surface area contributed by atoms with E-state index in [2.05, 4.69) is 4.98 Å². The quantitative estimate of drug-likeness (QED) is 0.815. The molecule has 0 atom stereocenters. The van der Waals surface area contributed by atoms with Gasteiger partial charge in [-0.3, -0.25) is 0 Å². The molecule has 0 fully saturated rings. The standard InChI is InChI=1S/C11H9NO3/c1-15-10-6-9(11(13)14)12-8-5-3-2-4-7(8)10/h2-6H,1H3,(H,13,14)/i1D3. The van der Waals surface area contributed by atoms with Crippen molar-refractivity contribution in [2.24, 2.45) is 0 Å². The van der Waals surface area contributed by atoms with Gasteiger partial charge in [0.1, 0.15) is 5.75 Å². The molecule has 0 saturated heterocycles. The summed E-state index contributed by atoms with van der Waals surface area (Å²) in [6, 6.07) is 7.69. The zero-order valence-electron chi connectivity index (χ0n) is 10.6. The molecule has 0 unspecified atom stereocenters. The highest BCUT2D eigenvalue weighted by Crippen LogP contribution is 2.24. The third kappa shape index (κ3) is 1.61. The van der Waals surface area contributed by atoms with E-state index in [-0.39, 0.29) is 11.4 Å². The average Bonchev–Trinajstić information content (AvgIpc) is 2.26. The van der Waals surface area contributed by atoms with Crippen LogP contribution >= 0.6 is 0 Å². The number of ether oxygens (including phenoxy) is 1. The minimum atomic E-state index is -2.64. The highest BCUT2D eigenvalue weighted by Gasteiger charge is 2.10. The zero-order valence-corrected chi connectivity index (χ0v) is 7.60. The van der Waals surface area contributed by atoms with Crippen LogP contribution in [0.4, 0.5) is 0 Å². The molecule has 4 nitrogen and oxygen atoms in total. The Hall–Kier alpha value is -2.10. The van der Waals surface area contributed by atoms with Crippen molar-refractivity contribution in [3.8, 4) is 5.75 Å². The van der Waals surface area contributed by atoms with E-state index in [4.69, 9.17) is 14.0 Å². The molecule has 4 heteroatoms. The van der Waals surface area contributed by atoms with E-state index >= 15 is 0 Å². The first-order valence-corrected chi connectivity index (χ1v) is 4.19. The van der Waals surface area contributed by atoms with Crippen molar-refractivity contribution in [1.29, 1.82) is 0 Å². The number of benzene rings is 1. The van der Waals surface area contributed by atoms with E-state index < -0.39 is 13.0 Å². The smallest absolute Gasteiger partial charge is 0.354 e. The normalized spacial score (nSPS) is 14.0. The summed E-state index contributed by atoms with van der Waals surface area (Å²) in [7, 11) is -2.64. The van der Waals surface area contributed by atoms with Gasteiger partial charge >= 0.3 is 5.97 Å². The van der Waals surface area contributed by atoms with E-state index in [0.717, 1.165) is 6.07 Å². The molecular formula is C11H9NO3. The second-order valence-electron chi connectivity index (χ2n) is 2.93. The minimum Gasteiger partial charge on any atom is -0.496 e. The number of nitrogens with zero attached hydrogens (tertiary/aromatic N) is 1. The van der Waals surface area contributed by atoms with E-state index in [1.54, 1.807) is 24.3 Å². The largest absolute Gasteiger partial charge is 0.496 e. The first-order valence-electron chi connectivity index (χ1n) is 5.69. The molecule has 0 amide bonds. The molecule has 1 aromatic carbocycles. The van der Waals surface area contributed by atoms with Gasteiger partial charge in [-0.1, -0.05) is 12.1 Å². The van der Waals surface area contributed by atoms with Crippen LogP contribution in [0.2, 0.25) is 0 Å². The van der Waals surface area contributed by atoms with Crippen LogP contribution in [-0.2, 0) is 0 Å². The van der Waals surface area contributed by atoms with Crippen LogP contribution in [0.5, 0.6) is 5.75 Å². The minimum absolute atomic E-state index is 0.0157. The Labute approximate surface area is 90.3 Å². The summed E-state index contributed by atoms with van der Waals surface area (Å²) >= 11 is 0. The summed E-state index contributed by atoms with van der Waals surface area (Å²) in [5.41, 5.74) is 0.115. The number of fused-ring (bicyclic) bond motifs is 1. The van der Waals surface area contributed by atoms with Crippen molar-refractivity contribution in [3.05, 3.63) is 36.0 Å². The van der Waals surface area contributed by atoms with Gasteiger partial charge in [0, 0.05) is 11.5 Å². The number of aromatic carboxylic acids is 1. The Morgan fingerprint density at radius 1 is 1.53 bits per heavy atom. The van der Waals surface area contributed by atoms with Gasteiger partial charge in [0.2, 0.25) is 0 Å². The molecule has 0 spiro atoms. The predicted molar refractivity (Wildman–Crippen MR) is 55.3 cm³/mol. The summed E-state index contributed by atoms with van der Waals surface area (Å²) in [5.74, 6) is -1.26. The number of rotatable bonds is 2. The Kier molecular flexibility index (Phi) is 1.52. The SMILES string of the molecule is [2H]C([2H])([2H])Oc1cc(C(=O)O)nc2ccccc12. The fourth-order valence-corrected chi connectivity index (χ4v) is 1.34. The first-order chi connectivity index (χ1) is 8.37. The first kappa shape index (κ1) is 6.40. The number of carboxylic acids is 1. The molecule has 76 valence electrons. The lowest BCUT2D eigenvalue weighted by Gasteiger charge is -2.05. The molecule has 0 aliphatic heterocycles. The van der Waals surface area contributed by atoms with E-state index in [9.17, 15) is 4.79 Å². The monoisotopic (exact) mass is 206 g/mol. The van der Waals surface area contributed by atoms with Gasteiger partial charge in [-0.2, -0.15) is 0 Å². The molecule has 2 rings (SSSR count). The predicted octanol–water partition coefficient (Wildman–Crippen LogP) is 1.94. The molecule has 0 aliphatic carbocycles. The number of hydrogen-bond acceptors (Lipinski definition) is 3. The number of para-hydroxylation sites is 1. The number of carbonyl (C=O) groups is 1. The molecule has 0 aliphatic rings. The lowest BCUT2D eigenvalue weighted by atomic mass is 10.2. The zero-order chi connectivity index (χ0) is 13.3. The number of aromatic nitrogens is 1. The van der Waals surface area contributed by atoms with Crippen LogP contribution in [0.15, 0.2) is 30.3 Å². The van der Waals surface area contributed by atoms with Gasteiger partial charge in [-0.25, -0.2) is 9.78 Å². The molecule has 0 bridgehead atoms. The van der Waals surface area contributed by atoms with E-state index in [1.807, 2.05) is 0 Å². The van der Waals surface area contributed by atoms with E-state index in [0.29, 0.717) is 10.9 Å². The second kappa shape index (κ2) is 3.57. The Balaban J connectivity index is 2.64. The van der Waals surface area contributed by atoms with Crippen LogP contribution in [0.1, 0.15) is 14.6 Å². The van der Waals surface area contributed by atoms with Crippen molar-refractivity contribution in [2.75, 3.05) is 7.04 Å². The molecule has 0 radical (unpaired) electrons. The summed E-state index contributed by atoms with van der Waals surface area (Å²) in [4.78, 5) is 14.8. The maximum atomic E-state index is 10.9. The second-order valence-corrected chi connectivity index (χ2v) is 2.93. The van der Waals surface area contributed by atoms with Crippen LogP contribution in [0.3, 0.4) is 0 Å². The van der Waals surface area contributed by atoms with Crippen LogP contribution in [0.25, 0.3) is 10.9 Å². The van der Waals surface area contributed by atoms with Crippen molar-refractivity contribution < 1.29 is 18.8 Å². The maximum absolute atomic E-state index is 10.9. The number of hydrogen-bond donors (Lipinski definition) is 1. The van der Waals surface area contributed by atoms with Crippen molar-refractivity contribution in [3.63, 3.8) is 0 Å². The van der Waals surface area contributed by atoms with Gasteiger partial charge in [0.15, 0.2) is 5.69 Å². The molecule has 0 saturated carbocycles. The van der Waals surface area contributed by atoms with Crippen LogP contribution in [0, 0.1) is 0 Å². The molecule has 1 heterocycles. The number of pyridine rings is 1. The van der Waals surface area contributed by atoms with E-state index in [1.165, 1.54) is 0 Å². The molecule has 2 aromatic rings. The van der Waals surface area contributed by atoms with Gasteiger partial charge < -0.3 is 9.84 Å². The van der Waals surface area contributed by atoms with Crippen LogP contribution in [-0.4, -0.2) is 23.1 Å². The molecule has 1 N–H and O–H groups in total. The average molecular weight is 206 g/mol. The van der Waals surface area contributed by atoms with Crippen LogP contribution < -0.4 is 4.74 Å². The summed E-state index contributed by atoms with van der Waals surface area (Å²) in [5, 5.41) is 9.37. The molecule has 15 heavy (non-hydrogen) atoms. The third-order valence-electron chi connectivity index (χ3n) is 2.01. The van der Waals surface area contributed by atoms with Crippen molar-refractivity contribution in [2.45, 2.75) is 0 Å². The third-order valence-corrected chi connectivity index (χ3v) is 2.01. The molecule has 1 aromatic heterocycles. The Bertz CT molecular complexity index is 610.